The van der Waals surface area contributed by atoms with Crippen LogP contribution < -0.4 is 4.72 Å². The molecular formula is C9H13NO5S2. The van der Waals surface area contributed by atoms with E-state index in [0.717, 1.165) is 6.26 Å². The standard InChI is InChI=1S/C9H13NO5S2/c1-7-5-8(11)3-4-9(7)10-17(14,15)6-16(2,12)13/h3-5,10-11H,6H2,1-2H3. The molecule has 8 heteroatoms. The molecule has 0 saturated carbocycles. The fraction of sp³-hybridized carbons (Fsp3) is 0.333. The molecule has 0 aliphatic carbocycles. The predicted molar refractivity (Wildman–Crippen MR) is 65.1 cm³/mol. The van der Waals surface area contributed by atoms with E-state index >= 15 is 0 Å². The maximum atomic E-state index is 11.5. The molecule has 17 heavy (non-hydrogen) atoms. The second kappa shape index (κ2) is 4.53. The Morgan fingerprint density at radius 2 is 1.82 bits per heavy atom. The molecule has 1 aromatic rings. The molecule has 0 aromatic heterocycles. The number of phenols is 1. The maximum absolute atomic E-state index is 11.5. The van der Waals surface area contributed by atoms with Crippen molar-refractivity contribution in [3.63, 3.8) is 0 Å². The van der Waals surface area contributed by atoms with Crippen molar-refractivity contribution in [1.82, 2.24) is 0 Å². The zero-order valence-electron chi connectivity index (χ0n) is 9.34. The largest absolute Gasteiger partial charge is 0.508 e. The molecule has 0 aliphatic heterocycles. The minimum atomic E-state index is -3.95. The first kappa shape index (κ1) is 13.8. The highest BCUT2D eigenvalue weighted by molar-refractivity contribution is 8.08. The van der Waals surface area contributed by atoms with E-state index in [1.54, 1.807) is 6.92 Å². The van der Waals surface area contributed by atoms with Gasteiger partial charge in [0, 0.05) is 6.26 Å². The number of rotatable bonds is 4. The van der Waals surface area contributed by atoms with E-state index in [1.807, 2.05) is 0 Å². The Hall–Kier alpha value is -1.28. The molecule has 0 spiro atoms. The summed E-state index contributed by atoms with van der Waals surface area (Å²) in [5, 5.41) is 8.18. The quantitative estimate of drug-likeness (QED) is 0.779. The van der Waals surface area contributed by atoms with Crippen LogP contribution in [0.3, 0.4) is 0 Å². The molecule has 0 atom stereocenters. The molecular weight excluding hydrogens is 266 g/mol. The molecule has 0 unspecified atom stereocenters. The second-order valence-corrected chi connectivity index (χ2v) is 7.99. The fourth-order valence-corrected chi connectivity index (χ4v) is 4.30. The van der Waals surface area contributed by atoms with Crippen molar-refractivity contribution in [2.45, 2.75) is 6.92 Å². The lowest BCUT2D eigenvalue weighted by Crippen LogP contribution is -2.22. The predicted octanol–water partition coefficient (Wildman–Crippen LogP) is 0.444. The Balaban J connectivity index is 2.99. The van der Waals surface area contributed by atoms with Crippen LogP contribution in [0.5, 0.6) is 5.75 Å². The van der Waals surface area contributed by atoms with Crippen molar-refractivity contribution in [3.8, 4) is 5.75 Å². The molecule has 0 aliphatic rings. The third-order valence-electron chi connectivity index (χ3n) is 1.84. The van der Waals surface area contributed by atoms with Crippen LogP contribution in [-0.2, 0) is 19.9 Å². The van der Waals surface area contributed by atoms with E-state index in [2.05, 4.69) is 4.72 Å². The van der Waals surface area contributed by atoms with Crippen LogP contribution in [0.1, 0.15) is 5.56 Å². The van der Waals surface area contributed by atoms with Gasteiger partial charge in [-0.3, -0.25) is 4.72 Å². The second-order valence-electron chi connectivity index (χ2n) is 3.76. The molecule has 0 heterocycles. The zero-order chi connectivity index (χ0) is 13.3. The number of phenolic OH excluding ortho intramolecular Hbond substituents is 1. The number of nitrogens with one attached hydrogen (secondary N) is 1. The number of anilines is 1. The van der Waals surface area contributed by atoms with Crippen molar-refractivity contribution in [2.24, 2.45) is 0 Å². The van der Waals surface area contributed by atoms with Gasteiger partial charge in [0.15, 0.2) is 14.9 Å². The lowest BCUT2D eigenvalue weighted by atomic mass is 10.2. The Bertz CT molecular complexity index is 619. The number of aryl methyl sites for hydroxylation is 1. The lowest BCUT2D eigenvalue weighted by Gasteiger charge is -2.09. The van der Waals surface area contributed by atoms with Crippen LogP contribution in [0.15, 0.2) is 18.2 Å². The van der Waals surface area contributed by atoms with Crippen LogP contribution >= 0.6 is 0 Å². The van der Waals surface area contributed by atoms with Gasteiger partial charge in [-0.15, -0.1) is 0 Å². The van der Waals surface area contributed by atoms with E-state index in [9.17, 15) is 16.8 Å². The summed E-state index contributed by atoms with van der Waals surface area (Å²) < 4.78 is 47.0. The number of benzene rings is 1. The van der Waals surface area contributed by atoms with E-state index in [1.165, 1.54) is 18.2 Å². The van der Waals surface area contributed by atoms with Gasteiger partial charge in [-0.25, -0.2) is 16.8 Å². The summed E-state index contributed by atoms with van der Waals surface area (Å²) in [4.78, 5) is 0. The van der Waals surface area contributed by atoms with E-state index in [-0.39, 0.29) is 11.4 Å². The highest BCUT2D eigenvalue weighted by Crippen LogP contribution is 2.21. The van der Waals surface area contributed by atoms with Crippen molar-refractivity contribution in [2.75, 3.05) is 16.1 Å². The summed E-state index contributed by atoms with van der Waals surface area (Å²) in [6.45, 7) is 1.60. The van der Waals surface area contributed by atoms with Gasteiger partial charge in [-0.05, 0) is 30.7 Å². The normalized spacial score (nSPS) is 12.4. The Labute approximate surface area is 100 Å². The lowest BCUT2D eigenvalue weighted by molar-refractivity contribution is 0.475. The number of sulfonamides is 1. The SMILES string of the molecule is Cc1cc(O)ccc1NS(=O)(=O)CS(C)(=O)=O. The van der Waals surface area contributed by atoms with Crippen LogP contribution in [0.4, 0.5) is 5.69 Å². The van der Waals surface area contributed by atoms with Gasteiger partial charge in [0.1, 0.15) is 5.75 Å². The first-order valence-electron chi connectivity index (χ1n) is 4.57. The van der Waals surface area contributed by atoms with Crippen molar-refractivity contribution < 1.29 is 21.9 Å². The third-order valence-corrected chi connectivity index (χ3v) is 5.33. The molecule has 0 saturated heterocycles. The molecule has 2 N–H and O–H groups in total. The first-order chi connectivity index (χ1) is 7.59. The smallest absolute Gasteiger partial charge is 0.247 e. The maximum Gasteiger partial charge on any atom is 0.247 e. The van der Waals surface area contributed by atoms with Crippen molar-refractivity contribution in [1.29, 1.82) is 0 Å². The number of hydrogen-bond donors (Lipinski definition) is 2. The third kappa shape index (κ3) is 4.61. The molecule has 96 valence electrons. The number of aromatic hydroxyl groups is 1. The van der Waals surface area contributed by atoms with Gasteiger partial charge in [0.05, 0.1) is 5.69 Å². The van der Waals surface area contributed by atoms with Crippen LogP contribution in [-0.4, -0.2) is 33.3 Å². The number of hydrogen-bond acceptors (Lipinski definition) is 5. The average molecular weight is 279 g/mol. The monoisotopic (exact) mass is 279 g/mol. The molecule has 0 amide bonds. The van der Waals surface area contributed by atoms with Gasteiger partial charge < -0.3 is 5.11 Å². The molecule has 0 bridgehead atoms. The highest BCUT2D eigenvalue weighted by atomic mass is 32.3. The van der Waals surface area contributed by atoms with Gasteiger partial charge in [0.25, 0.3) is 0 Å². The van der Waals surface area contributed by atoms with E-state index in [0.29, 0.717) is 5.56 Å². The van der Waals surface area contributed by atoms with Crippen LogP contribution in [0.2, 0.25) is 0 Å². The highest BCUT2D eigenvalue weighted by Gasteiger charge is 2.18. The summed E-state index contributed by atoms with van der Waals surface area (Å²) >= 11 is 0. The summed E-state index contributed by atoms with van der Waals surface area (Å²) in [6.07, 6.45) is 0.843. The summed E-state index contributed by atoms with van der Waals surface area (Å²) in [7, 11) is -7.57. The minimum absolute atomic E-state index is 0.00793. The van der Waals surface area contributed by atoms with Gasteiger partial charge >= 0.3 is 0 Å². The zero-order valence-corrected chi connectivity index (χ0v) is 11.0. The number of sulfone groups is 1. The van der Waals surface area contributed by atoms with Crippen molar-refractivity contribution in [3.05, 3.63) is 23.8 Å². The molecule has 0 radical (unpaired) electrons. The summed E-state index contributed by atoms with van der Waals surface area (Å²) in [5.41, 5.74) is 0.744. The topological polar surface area (TPSA) is 101 Å². The summed E-state index contributed by atoms with van der Waals surface area (Å²) in [6, 6.07) is 4.05. The van der Waals surface area contributed by atoms with E-state index < -0.39 is 24.9 Å². The summed E-state index contributed by atoms with van der Waals surface area (Å²) in [5.74, 6) is 0.00793. The van der Waals surface area contributed by atoms with Crippen LogP contribution in [0.25, 0.3) is 0 Å². The fourth-order valence-electron chi connectivity index (χ4n) is 1.24. The van der Waals surface area contributed by atoms with E-state index in [4.69, 9.17) is 5.11 Å². The van der Waals surface area contributed by atoms with Crippen molar-refractivity contribution >= 4 is 25.5 Å². The molecule has 1 aromatic carbocycles. The van der Waals surface area contributed by atoms with Gasteiger partial charge in [0.2, 0.25) is 10.0 Å². The Morgan fingerprint density at radius 3 is 2.29 bits per heavy atom. The van der Waals surface area contributed by atoms with Gasteiger partial charge in [-0.1, -0.05) is 0 Å². The minimum Gasteiger partial charge on any atom is -0.508 e. The Kier molecular flexibility index (Phi) is 3.68. The molecule has 6 nitrogen and oxygen atoms in total. The molecule has 1 rings (SSSR count). The van der Waals surface area contributed by atoms with Gasteiger partial charge in [-0.2, -0.15) is 0 Å². The first-order valence-corrected chi connectivity index (χ1v) is 8.28. The van der Waals surface area contributed by atoms with Crippen LogP contribution in [0, 0.1) is 6.92 Å². The Morgan fingerprint density at radius 1 is 1.24 bits per heavy atom. The average Bonchev–Trinajstić information content (AvgIpc) is 2.05. The molecule has 0 fully saturated rings.